The maximum Gasteiger partial charge on any atom is 0.151 e. The third kappa shape index (κ3) is 2.52. The Morgan fingerprint density at radius 3 is 2.83 bits per heavy atom. The predicted molar refractivity (Wildman–Crippen MR) is 60.0 cm³/mol. The zero-order valence-corrected chi connectivity index (χ0v) is 9.72. The van der Waals surface area contributed by atoms with E-state index in [2.05, 4.69) is 29.5 Å². The molecule has 0 saturated carbocycles. The third-order valence-corrected chi connectivity index (χ3v) is 2.52. The maximum atomic E-state index is 5.94. The van der Waals surface area contributed by atoms with E-state index < -0.39 is 0 Å². The van der Waals surface area contributed by atoms with Crippen LogP contribution in [0.3, 0.4) is 0 Å². The Labute approximate surface area is 91.2 Å². The first-order valence-electron chi connectivity index (χ1n) is 3.82. The van der Waals surface area contributed by atoms with Crippen LogP contribution in [-0.4, -0.2) is 6.61 Å². The third-order valence-electron chi connectivity index (χ3n) is 1.37. The van der Waals surface area contributed by atoms with Crippen molar-refractivity contribution in [1.29, 1.82) is 0 Å². The minimum absolute atomic E-state index is 0.690. The van der Waals surface area contributed by atoms with Gasteiger partial charge in [0.25, 0.3) is 0 Å². The Hall–Kier alpha value is 0.0400. The minimum Gasteiger partial charge on any atom is -0.491 e. The van der Waals surface area contributed by atoms with Gasteiger partial charge in [0.1, 0.15) is 0 Å². The lowest BCUT2D eigenvalue weighted by Gasteiger charge is -2.07. The van der Waals surface area contributed by atoms with Gasteiger partial charge in [-0.05, 0) is 41.1 Å². The second kappa shape index (κ2) is 4.92. The lowest BCUT2D eigenvalue weighted by atomic mass is 10.3. The van der Waals surface area contributed by atoms with Crippen molar-refractivity contribution < 1.29 is 4.74 Å². The van der Waals surface area contributed by atoms with E-state index in [0.29, 0.717) is 5.02 Å². The van der Waals surface area contributed by atoms with Crippen molar-refractivity contribution in [3.05, 3.63) is 26.8 Å². The largest absolute Gasteiger partial charge is 0.491 e. The summed E-state index contributed by atoms with van der Waals surface area (Å²) < 4.78 is 6.54. The molecule has 1 aromatic rings. The van der Waals surface area contributed by atoms with Crippen LogP contribution in [0.5, 0.6) is 5.75 Å². The van der Waals surface area contributed by atoms with Gasteiger partial charge in [-0.25, -0.2) is 0 Å². The van der Waals surface area contributed by atoms with Crippen LogP contribution in [0.1, 0.15) is 13.3 Å². The standard InChI is InChI=1S/C9H10ClIO/c1-2-6-12-9-7(10)4-3-5-8(9)11/h3-5H,2,6H2,1H3. The summed E-state index contributed by atoms with van der Waals surface area (Å²) in [5, 5.41) is 0.690. The highest BCUT2D eigenvalue weighted by molar-refractivity contribution is 14.1. The SMILES string of the molecule is CCCOc1c(Cl)cccc1I. The molecule has 12 heavy (non-hydrogen) atoms. The Morgan fingerprint density at radius 1 is 1.50 bits per heavy atom. The Balaban J connectivity index is 2.81. The van der Waals surface area contributed by atoms with Crippen molar-refractivity contribution in [2.45, 2.75) is 13.3 Å². The van der Waals surface area contributed by atoms with E-state index in [-0.39, 0.29) is 0 Å². The summed E-state index contributed by atoms with van der Waals surface area (Å²) in [6.45, 7) is 2.80. The average Bonchev–Trinajstić information content (AvgIpc) is 2.04. The summed E-state index contributed by atoms with van der Waals surface area (Å²) in [5.74, 6) is 0.807. The van der Waals surface area contributed by atoms with Gasteiger partial charge in [-0.2, -0.15) is 0 Å². The second-order valence-corrected chi connectivity index (χ2v) is 3.97. The van der Waals surface area contributed by atoms with E-state index in [4.69, 9.17) is 16.3 Å². The lowest BCUT2D eigenvalue weighted by Crippen LogP contribution is -1.97. The van der Waals surface area contributed by atoms with Crippen LogP contribution in [0.4, 0.5) is 0 Å². The Kier molecular flexibility index (Phi) is 4.15. The van der Waals surface area contributed by atoms with Gasteiger partial charge in [-0.3, -0.25) is 0 Å². The van der Waals surface area contributed by atoms with Crippen LogP contribution < -0.4 is 4.74 Å². The van der Waals surface area contributed by atoms with E-state index in [1.807, 2.05) is 18.2 Å². The van der Waals surface area contributed by atoms with Gasteiger partial charge in [0, 0.05) is 0 Å². The molecular weight excluding hydrogens is 286 g/mol. The molecule has 0 fully saturated rings. The van der Waals surface area contributed by atoms with Gasteiger partial charge in [0.05, 0.1) is 15.2 Å². The summed E-state index contributed by atoms with van der Waals surface area (Å²) in [5.41, 5.74) is 0. The zero-order chi connectivity index (χ0) is 8.97. The first-order valence-corrected chi connectivity index (χ1v) is 5.28. The minimum atomic E-state index is 0.690. The van der Waals surface area contributed by atoms with Crippen molar-refractivity contribution in [2.24, 2.45) is 0 Å². The van der Waals surface area contributed by atoms with Gasteiger partial charge >= 0.3 is 0 Å². The van der Waals surface area contributed by atoms with Crippen molar-refractivity contribution in [1.82, 2.24) is 0 Å². The molecule has 0 amide bonds. The number of benzene rings is 1. The predicted octanol–water partition coefficient (Wildman–Crippen LogP) is 3.73. The fourth-order valence-electron chi connectivity index (χ4n) is 0.825. The molecule has 0 spiro atoms. The molecule has 3 heteroatoms. The highest BCUT2D eigenvalue weighted by Crippen LogP contribution is 2.29. The number of hydrogen-bond donors (Lipinski definition) is 0. The van der Waals surface area contributed by atoms with Crippen molar-refractivity contribution in [2.75, 3.05) is 6.61 Å². The van der Waals surface area contributed by atoms with Crippen LogP contribution in [0, 0.1) is 3.57 Å². The maximum absolute atomic E-state index is 5.94. The molecule has 1 aromatic carbocycles. The molecule has 0 atom stereocenters. The van der Waals surface area contributed by atoms with Crippen LogP contribution in [0.25, 0.3) is 0 Å². The molecule has 0 N–H and O–H groups in total. The number of rotatable bonds is 3. The first-order chi connectivity index (χ1) is 5.75. The van der Waals surface area contributed by atoms with Gasteiger partial charge in [-0.15, -0.1) is 0 Å². The number of ether oxygens (including phenoxy) is 1. The number of para-hydroxylation sites is 1. The lowest BCUT2D eigenvalue weighted by molar-refractivity contribution is 0.315. The fourth-order valence-corrected chi connectivity index (χ4v) is 1.87. The summed E-state index contributed by atoms with van der Waals surface area (Å²) in [7, 11) is 0. The molecule has 0 heterocycles. The van der Waals surface area contributed by atoms with Gasteiger partial charge in [-0.1, -0.05) is 24.6 Å². The fraction of sp³-hybridized carbons (Fsp3) is 0.333. The zero-order valence-electron chi connectivity index (χ0n) is 6.81. The highest BCUT2D eigenvalue weighted by Gasteiger charge is 2.04. The molecule has 0 aliphatic carbocycles. The monoisotopic (exact) mass is 296 g/mol. The molecular formula is C9H10ClIO. The molecule has 0 aliphatic rings. The van der Waals surface area contributed by atoms with E-state index in [0.717, 1.165) is 22.3 Å². The molecule has 0 saturated heterocycles. The van der Waals surface area contributed by atoms with Gasteiger partial charge < -0.3 is 4.74 Å². The van der Waals surface area contributed by atoms with Crippen LogP contribution in [0.2, 0.25) is 5.02 Å². The summed E-state index contributed by atoms with van der Waals surface area (Å²) >= 11 is 8.15. The Morgan fingerprint density at radius 2 is 2.25 bits per heavy atom. The van der Waals surface area contributed by atoms with Crippen molar-refractivity contribution >= 4 is 34.2 Å². The molecule has 0 aliphatic heterocycles. The van der Waals surface area contributed by atoms with Crippen molar-refractivity contribution in [3.63, 3.8) is 0 Å². The highest BCUT2D eigenvalue weighted by atomic mass is 127. The quantitative estimate of drug-likeness (QED) is 0.772. The van der Waals surface area contributed by atoms with Gasteiger partial charge in [0.15, 0.2) is 5.75 Å². The van der Waals surface area contributed by atoms with E-state index >= 15 is 0 Å². The number of hydrogen-bond acceptors (Lipinski definition) is 1. The second-order valence-electron chi connectivity index (χ2n) is 2.40. The summed E-state index contributed by atoms with van der Waals surface area (Å²) in [6, 6.07) is 5.75. The normalized spacial score (nSPS) is 9.92. The topological polar surface area (TPSA) is 9.23 Å². The first kappa shape index (κ1) is 10.1. The molecule has 1 rings (SSSR count). The van der Waals surface area contributed by atoms with E-state index in [1.54, 1.807) is 0 Å². The molecule has 66 valence electrons. The van der Waals surface area contributed by atoms with Crippen molar-refractivity contribution in [3.8, 4) is 5.75 Å². The molecule has 0 unspecified atom stereocenters. The van der Waals surface area contributed by atoms with Gasteiger partial charge in [0.2, 0.25) is 0 Å². The summed E-state index contributed by atoms with van der Waals surface area (Å²) in [6.07, 6.45) is 1.00. The van der Waals surface area contributed by atoms with Crippen LogP contribution in [-0.2, 0) is 0 Å². The van der Waals surface area contributed by atoms with Crippen LogP contribution >= 0.6 is 34.2 Å². The summed E-state index contributed by atoms with van der Waals surface area (Å²) in [4.78, 5) is 0. The smallest absolute Gasteiger partial charge is 0.151 e. The van der Waals surface area contributed by atoms with E-state index in [1.165, 1.54) is 0 Å². The molecule has 0 bridgehead atoms. The van der Waals surface area contributed by atoms with E-state index in [9.17, 15) is 0 Å². The molecule has 0 radical (unpaired) electrons. The molecule has 1 nitrogen and oxygen atoms in total. The number of halogens is 2. The average molecular weight is 297 g/mol. The Bertz CT molecular complexity index is 242. The molecule has 0 aromatic heterocycles. The van der Waals surface area contributed by atoms with Crippen LogP contribution in [0.15, 0.2) is 18.2 Å².